The van der Waals surface area contributed by atoms with Gasteiger partial charge in [-0.2, -0.15) is 0 Å². The van der Waals surface area contributed by atoms with E-state index in [1.54, 1.807) is 12.3 Å². The van der Waals surface area contributed by atoms with Gasteiger partial charge in [-0.05, 0) is 12.1 Å². The molecule has 2 nitrogen and oxygen atoms in total. The Hall–Kier alpha value is -2.14. The topological polar surface area (TPSA) is 30.0 Å². The summed E-state index contributed by atoms with van der Waals surface area (Å²) in [5.74, 6) is 2.53. The number of fused-ring (bicyclic) bond motifs is 1. The molecule has 2 rings (SSSR count). The molecule has 0 aliphatic rings. The lowest BCUT2D eigenvalue weighted by atomic mass is 10.0. The molecule has 0 N–H and O–H groups in total. The van der Waals surface area contributed by atoms with E-state index >= 15 is 0 Å². The number of Topliss-reactive ketones (excluding diaryl/α,β-unsaturated/α-hetero) is 1. The number of ketones is 1. The minimum atomic E-state index is 0.0576. The first-order valence-corrected chi connectivity index (χ1v) is 5.13. The van der Waals surface area contributed by atoms with Crippen LogP contribution in [-0.2, 0) is 0 Å². The molecule has 2 aromatic rings. The van der Waals surface area contributed by atoms with E-state index in [2.05, 4.69) is 10.9 Å². The second kappa shape index (κ2) is 4.59. The number of nitrogens with zero attached hydrogens (tertiary/aromatic N) is 1. The van der Waals surface area contributed by atoms with Crippen LogP contribution in [0.2, 0.25) is 0 Å². The van der Waals surface area contributed by atoms with Gasteiger partial charge < -0.3 is 0 Å². The molecule has 0 amide bonds. The highest BCUT2D eigenvalue weighted by molar-refractivity contribution is 6.06. The summed E-state index contributed by atoms with van der Waals surface area (Å²) in [5.41, 5.74) is 1.42. The summed E-state index contributed by atoms with van der Waals surface area (Å²) < 4.78 is 0. The van der Waals surface area contributed by atoms with Crippen molar-refractivity contribution in [1.82, 2.24) is 4.98 Å². The van der Waals surface area contributed by atoms with E-state index in [9.17, 15) is 4.79 Å². The van der Waals surface area contributed by atoms with Gasteiger partial charge in [-0.25, -0.2) is 0 Å². The Kier molecular flexibility index (Phi) is 2.98. The van der Waals surface area contributed by atoms with Crippen molar-refractivity contribution in [2.75, 3.05) is 0 Å². The molecular weight excluding hydrogens is 198 g/mol. The molecule has 0 atom stereocenters. The Balaban J connectivity index is 2.45. The van der Waals surface area contributed by atoms with E-state index in [-0.39, 0.29) is 5.78 Å². The van der Waals surface area contributed by atoms with E-state index in [0.29, 0.717) is 18.4 Å². The van der Waals surface area contributed by atoms with Crippen molar-refractivity contribution in [3.63, 3.8) is 0 Å². The molecule has 0 fully saturated rings. The zero-order valence-electron chi connectivity index (χ0n) is 8.81. The summed E-state index contributed by atoms with van der Waals surface area (Å²) in [6.45, 7) is 0. The van der Waals surface area contributed by atoms with Crippen LogP contribution < -0.4 is 0 Å². The van der Waals surface area contributed by atoms with Crippen molar-refractivity contribution < 1.29 is 4.79 Å². The standard InChI is InChI=1S/C14H11NO/c1-2-3-9-13(16)12-8-4-6-11-7-5-10-15-14(11)12/h1,4-8,10H,3,9H2. The molecule has 0 unspecified atom stereocenters. The zero-order valence-corrected chi connectivity index (χ0v) is 8.81. The molecule has 16 heavy (non-hydrogen) atoms. The number of para-hydroxylation sites is 1. The molecule has 0 spiro atoms. The fraction of sp³-hybridized carbons (Fsp3) is 0.143. The third-order valence-electron chi connectivity index (χ3n) is 2.43. The molecule has 2 heteroatoms. The summed E-state index contributed by atoms with van der Waals surface area (Å²) in [6.07, 6.45) is 7.70. The third kappa shape index (κ3) is 1.94. The summed E-state index contributed by atoms with van der Waals surface area (Å²) >= 11 is 0. The molecule has 0 aliphatic carbocycles. The lowest BCUT2D eigenvalue weighted by Gasteiger charge is -2.03. The summed E-state index contributed by atoms with van der Waals surface area (Å²) in [5, 5.41) is 0.981. The van der Waals surface area contributed by atoms with Crippen LogP contribution in [0.3, 0.4) is 0 Å². The summed E-state index contributed by atoms with van der Waals surface area (Å²) in [4.78, 5) is 16.1. The van der Waals surface area contributed by atoms with E-state index in [1.165, 1.54) is 0 Å². The van der Waals surface area contributed by atoms with Gasteiger partial charge in [0.1, 0.15) is 0 Å². The predicted molar refractivity (Wildman–Crippen MR) is 64.1 cm³/mol. The van der Waals surface area contributed by atoms with Gasteiger partial charge >= 0.3 is 0 Å². The molecule has 1 aromatic heterocycles. The van der Waals surface area contributed by atoms with Crippen LogP contribution in [0, 0.1) is 12.3 Å². The van der Waals surface area contributed by atoms with Crippen LogP contribution in [-0.4, -0.2) is 10.8 Å². The third-order valence-corrected chi connectivity index (χ3v) is 2.43. The Labute approximate surface area is 94.3 Å². The smallest absolute Gasteiger partial charge is 0.166 e. The molecular formula is C14H11NO. The van der Waals surface area contributed by atoms with Crippen molar-refractivity contribution in [2.45, 2.75) is 12.8 Å². The van der Waals surface area contributed by atoms with Crippen molar-refractivity contribution in [1.29, 1.82) is 0 Å². The van der Waals surface area contributed by atoms with E-state index in [1.807, 2.05) is 24.3 Å². The van der Waals surface area contributed by atoms with Gasteiger partial charge in [0.05, 0.1) is 5.52 Å². The predicted octanol–water partition coefficient (Wildman–Crippen LogP) is 2.83. The van der Waals surface area contributed by atoms with Crippen LogP contribution in [0.5, 0.6) is 0 Å². The summed E-state index contributed by atoms with van der Waals surface area (Å²) in [7, 11) is 0. The molecule has 0 bridgehead atoms. The van der Waals surface area contributed by atoms with E-state index in [0.717, 1.165) is 10.9 Å². The van der Waals surface area contributed by atoms with Crippen molar-refractivity contribution in [2.24, 2.45) is 0 Å². The van der Waals surface area contributed by atoms with E-state index < -0.39 is 0 Å². The normalized spacial score (nSPS) is 9.94. The van der Waals surface area contributed by atoms with Crippen LogP contribution in [0.15, 0.2) is 36.5 Å². The van der Waals surface area contributed by atoms with E-state index in [4.69, 9.17) is 6.42 Å². The maximum Gasteiger partial charge on any atom is 0.166 e. The number of rotatable bonds is 3. The average molecular weight is 209 g/mol. The molecule has 0 aliphatic heterocycles. The van der Waals surface area contributed by atoms with Gasteiger partial charge in [-0.15, -0.1) is 12.3 Å². The monoisotopic (exact) mass is 209 g/mol. The first-order chi connectivity index (χ1) is 7.83. The minimum absolute atomic E-state index is 0.0576. The highest BCUT2D eigenvalue weighted by Gasteiger charge is 2.09. The quantitative estimate of drug-likeness (QED) is 0.574. The average Bonchev–Trinajstić information content (AvgIpc) is 2.35. The molecule has 0 saturated carbocycles. The van der Waals surface area contributed by atoms with Gasteiger partial charge in [0.25, 0.3) is 0 Å². The SMILES string of the molecule is C#CCCC(=O)c1cccc2cccnc12. The van der Waals surface area contributed by atoms with Gasteiger partial charge in [0.15, 0.2) is 5.78 Å². The minimum Gasteiger partial charge on any atom is -0.294 e. The van der Waals surface area contributed by atoms with Gasteiger partial charge in [0, 0.05) is 30.0 Å². The van der Waals surface area contributed by atoms with Crippen molar-refractivity contribution in [3.05, 3.63) is 42.1 Å². The number of terminal acetylenes is 1. The van der Waals surface area contributed by atoms with Crippen molar-refractivity contribution in [3.8, 4) is 12.3 Å². The zero-order chi connectivity index (χ0) is 11.4. The highest BCUT2D eigenvalue weighted by Crippen LogP contribution is 2.17. The highest BCUT2D eigenvalue weighted by atomic mass is 16.1. The van der Waals surface area contributed by atoms with Crippen molar-refractivity contribution >= 4 is 16.7 Å². The number of carbonyl (C=O) groups excluding carboxylic acids is 1. The fourth-order valence-corrected chi connectivity index (χ4v) is 1.65. The van der Waals surface area contributed by atoms with Crippen LogP contribution >= 0.6 is 0 Å². The fourth-order valence-electron chi connectivity index (χ4n) is 1.65. The number of benzene rings is 1. The number of hydrogen-bond acceptors (Lipinski definition) is 2. The summed E-state index contributed by atoms with van der Waals surface area (Å²) in [6, 6.07) is 9.42. The number of pyridine rings is 1. The molecule has 0 saturated heterocycles. The Morgan fingerprint density at radius 3 is 2.94 bits per heavy atom. The molecule has 0 radical (unpaired) electrons. The first-order valence-electron chi connectivity index (χ1n) is 5.13. The maximum atomic E-state index is 11.9. The van der Waals surface area contributed by atoms with Gasteiger partial charge in [-0.1, -0.05) is 18.2 Å². The second-order valence-corrected chi connectivity index (χ2v) is 3.51. The Morgan fingerprint density at radius 2 is 2.12 bits per heavy atom. The lowest BCUT2D eigenvalue weighted by Crippen LogP contribution is -2.00. The number of hydrogen-bond donors (Lipinski definition) is 0. The maximum absolute atomic E-state index is 11.9. The lowest BCUT2D eigenvalue weighted by molar-refractivity contribution is 0.0986. The molecule has 1 heterocycles. The first kappa shape index (κ1) is 10.4. The van der Waals surface area contributed by atoms with Crippen LogP contribution in [0.1, 0.15) is 23.2 Å². The van der Waals surface area contributed by atoms with Gasteiger partial charge in [0.2, 0.25) is 0 Å². The molecule has 78 valence electrons. The second-order valence-electron chi connectivity index (χ2n) is 3.51. The Morgan fingerprint density at radius 1 is 1.31 bits per heavy atom. The van der Waals surface area contributed by atoms with Crippen LogP contribution in [0.25, 0.3) is 10.9 Å². The number of aromatic nitrogens is 1. The van der Waals surface area contributed by atoms with Gasteiger partial charge in [-0.3, -0.25) is 9.78 Å². The molecule has 1 aromatic carbocycles. The Bertz CT molecular complexity index is 561. The number of carbonyl (C=O) groups is 1. The van der Waals surface area contributed by atoms with Crippen LogP contribution in [0.4, 0.5) is 0 Å². The largest absolute Gasteiger partial charge is 0.294 e.